The highest BCUT2D eigenvalue weighted by Gasteiger charge is 2.00. The molecule has 0 saturated carbocycles. The highest BCUT2D eigenvalue weighted by molar-refractivity contribution is 9.10. The van der Waals surface area contributed by atoms with Crippen LogP contribution in [0, 0.1) is 37.8 Å². The summed E-state index contributed by atoms with van der Waals surface area (Å²) in [6, 6.07) is 23.1. The van der Waals surface area contributed by atoms with Crippen LogP contribution in [-0.4, -0.2) is 4.92 Å². The summed E-state index contributed by atoms with van der Waals surface area (Å²) in [5.41, 5.74) is 5.13. The van der Waals surface area contributed by atoms with Gasteiger partial charge in [0.25, 0.3) is 5.69 Å². The molecule has 0 N–H and O–H groups in total. The van der Waals surface area contributed by atoms with Gasteiger partial charge >= 0.3 is 0 Å². The standard InChI is InChI=1S/C8H10.C7H7Br.C7H7NO2/c1-7-3-5-8(2)6-4-7;1-6-2-4-7(8)5-3-6;1-6-2-4-7(5-3-6)8(9)10/h3-6H,1-2H3;2-5H,1H3;2-5H,1H3. The summed E-state index contributed by atoms with van der Waals surface area (Å²) in [7, 11) is 0. The van der Waals surface area contributed by atoms with Crippen molar-refractivity contribution in [3.63, 3.8) is 0 Å². The summed E-state index contributed by atoms with van der Waals surface area (Å²) >= 11 is 3.35. The Balaban J connectivity index is 0.000000197. The molecule has 26 heavy (non-hydrogen) atoms. The molecule has 4 heteroatoms. The molecule has 0 heterocycles. The van der Waals surface area contributed by atoms with Crippen LogP contribution in [-0.2, 0) is 0 Å². The third kappa shape index (κ3) is 9.14. The lowest BCUT2D eigenvalue weighted by atomic mass is 10.2. The Bertz CT molecular complexity index is 710. The van der Waals surface area contributed by atoms with Gasteiger partial charge in [-0.3, -0.25) is 10.1 Å². The Kier molecular flexibility index (Phi) is 9.31. The minimum absolute atomic E-state index is 0.144. The lowest BCUT2D eigenvalue weighted by molar-refractivity contribution is -0.384. The van der Waals surface area contributed by atoms with E-state index in [4.69, 9.17) is 0 Å². The fraction of sp³-hybridized carbons (Fsp3) is 0.182. The SMILES string of the molecule is Cc1ccc(Br)cc1.Cc1ccc(C)cc1.Cc1ccc([N+](=O)[O-])cc1. The van der Waals surface area contributed by atoms with E-state index in [2.05, 4.69) is 73.1 Å². The molecule has 3 aromatic carbocycles. The van der Waals surface area contributed by atoms with E-state index in [1.54, 1.807) is 12.1 Å². The molecule has 3 aromatic rings. The largest absolute Gasteiger partial charge is 0.269 e. The number of hydrogen-bond donors (Lipinski definition) is 0. The van der Waals surface area contributed by atoms with Gasteiger partial charge in [-0.15, -0.1) is 0 Å². The van der Waals surface area contributed by atoms with E-state index in [9.17, 15) is 10.1 Å². The number of non-ortho nitro benzene ring substituents is 1. The molecule has 0 radical (unpaired) electrons. The highest BCUT2D eigenvalue weighted by atomic mass is 79.9. The van der Waals surface area contributed by atoms with Gasteiger partial charge in [0.05, 0.1) is 4.92 Å². The van der Waals surface area contributed by atoms with E-state index in [0.717, 1.165) is 10.0 Å². The Morgan fingerprint density at radius 3 is 1.15 bits per heavy atom. The summed E-state index contributed by atoms with van der Waals surface area (Å²) < 4.78 is 1.14. The van der Waals surface area contributed by atoms with Crippen molar-refractivity contribution in [1.29, 1.82) is 0 Å². The van der Waals surface area contributed by atoms with Crippen molar-refractivity contribution >= 4 is 21.6 Å². The lowest BCUT2D eigenvalue weighted by Gasteiger charge is -1.90. The van der Waals surface area contributed by atoms with E-state index >= 15 is 0 Å². The minimum Gasteiger partial charge on any atom is -0.258 e. The number of rotatable bonds is 1. The van der Waals surface area contributed by atoms with Crippen LogP contribution in [0.5, 0.6) is 0 Å². The number of nitro benzene ring substituents is 1. The second-order valence-corrected chi connectivity index (χ2v) is 6.96. The smallest absolute Gasteiger partial charge is 0.258 e. The fourth-order valence-corrected chi connectivity index (χ4v) is 2.10. The first-order chi connectivity index (χ1) is 12.3. The molecule has 136 valence electrons. The van der Waals surface area contributed by atoms with E-state index in [1.165, 1.54) is 28.8 Å². The van der Waals surface area contributed by atoms with Crippen LogP contribution in [0.3, 0.4) is 0 Å². The monoisotopic (exact) mass is 413 g/mol. The first-order valence-electron chi connectivity index (χ1n) is 8.24. The molecule has 0 amide bonds. The topological polar surface area (TPSA) is 43.1 Å². The summed E-state index contributed by atoms with van der Waals surface area (Å²) in [6.07, 6.45) is 0. The summed E-state index contributed by atoms with van der Waals surface area (Å²) in [5, 5.41) is 10.1. The van der Waals surface area contributed by atoms with Crippen LogP contribution in [0.15, 0.2) is 77.3 Å². The quantitative estimate of drug-likeness (QED) is 0.319. The fourth-order valence-electron chi connectivity index (χ4n) is 1.84. The average Bonchev–Trinajstić information content (AvgIpc) is 2.62. The number of nitro groups is 1. The third-order valence-electron chi connectivity index (χ3n) is 3.47. The van der Waals surface area contributed by atoms with Gasteiger partial charge in [-0.2, -0.15) is 0 Å². The molecule has 0 spiro atoms. The van der Waals surface area contributed by atoms with Crippen LogP contribution >= 0.6 is 15.9 Å². The van der Waals surface area contributed by atoms with Crippen LogP contribution in [0.2, 0.25) is 0 Å². The number of aryl methyl sites for hydroxylation is 4. The molecule has 0 aromatic heterocycles. The van der Waals surface area contributed by atoms with Crippen molar-refractivity contribution in [3.05, 3.63) is 110 Å². The van der Waals surface area contributed by atoms with E-state index in [0.29, 0.717) is 0 Å². The molecule has 0 saturated heterocycles. The summed E-state index contributed by atoms with van der Waals surface area (Å²) in [6.45, 7) is 8.16. The summed E-state index contributed by atoms with van der Waals surface area (Å²) in [4.78, 5) is 9.71. The zero-order valence-corrected chi connectivity index (χ0v) is 17.2. The average molecular weight is 414 g/mol. The number of hydrogen-bond acceptors (Lipinski definition) is 2. The Labute approximate surface area is 164 Å². The van der Waals surface area contributed by atoms with Gasteiger partial charge < -0.3 is 0 Å². The second-order valence-electron chi connectivity index (χ2n) is 6.04. The predicted octanol–water partition coefficient (Wildman–Crippen LogP) is 6.96. The van der Waals surface area contributed by atoms with E-state index in [-0.39, 0.29) is 5.69 Å². The predicted molar refractivity (Wildman–Crippen MR) is 113 cm³/mol. The molecule has 3 nitrogen and oxygen atoms in total. The van der Waals surface area contributed by atoms with Crippen LogP contribution in [0.1, 0.15) is 22.3 Å². The number of nitrogens with zero attached hydrogens (tertiary/aromatic N) is 1. The van der Waals surface area contributed by atoms with Crippen molar-refractivity contribution in [2.24, 2.45) is 0 Å². The maximum atomic E-state index is 10.1. The molecule has 0 atom stereocenters. The molecule has 3 rings (SSSR count). The van der Waals surface area contributed by atoms with Crippen molar-refractivity contribution in [3.8, 4) is 0 Å². The Morgan fingerprint density at radius 2 is 0.885 bits per heavy atom. The zero-order chi connectivity index (χ0) is 19.5. The minimum atomic E-state index is -0.403. The highest BCUT2D eigenvalue weighted by Crippen LogP contribution is 2.10. The number of halogens is 1. The van der Waals surface area contributed by atoms with Crippen molar-refractivity contribution in [2.75, 3.05) is 0 Å². The lowest BCUT2D eigenvalue weighted by Crippen LogP contribution is -1.86. The molecule has 0 unspecified atom stereocenters. The van der Waals surface area contributed by atoms with Crippen LogP contribution < -0.4 is 0 Å². The Morgan fingerprint density at radius 1 is 0.615 bits per heavy atom. The number of benzene rings is 3. The molecule has 0 aliphatic rings. The van der Waals surface area contributed by atoms with Gasteiger partial charge in [-0.05, 0) is 39.8 Å². The van der Waals surface area contributed by atoms with Gasteiger partial charge in [-0.1, -0.05) is 86.7 Å². The molecule has 0 bridgehead atoms. The first-order valence-corrected chi connectivity index (χ1v) is 9.03. The van der Waals surface area contributed by atoms with E-state index in [1.807, 2.05) is 19.1 Å². The van der Waals surface area contributed by atoms with Crippen LogP contribution in [0.25, 0.3) is 0 Å². The van der Waals surface area contributed by atoms with Gasteiger partial charge in [-0.25, -0.2) is 0 Å². The molecule has 0 aliphatic carbocycles. The summed E-state index contributed by atoms with van der Waals surface area (Å²) in [5.74, 6) is 0. The van der Waals surface area contributed by atoms with Gasteiger partial charge in [0.2, 0.25) is 0 Å². The first kappa shape index (κ1) is 21.6. The van der Waals surface area contributed by atoms with Gasteiger partial charge in [0, 0.05) is 16.6 Å². The second kappa shape index (κ2) is 11.2. The molecular formula is C22H24BrNO2. The van der Waals surface area contributed by atoms with Crippen molar-refractivity contribution in [2.45, 2.75) is 27.7 Å². The maximum Gasteiger partial charge on any atom is 0.269 e. The third-order valence-corrected chi connectivity index (χ3v) is 4.00. The normalized spacial score (nSPS) is 9.27. The molecule has 0 aliphatic heterocycles. The molecule has 0 fully saturated rings. The zero-order valence-electron chi connectivity index (χ0n) is 15.6. The van der Waals surface area contributed by atoms with Crippen molar-refractivity contribution in [1.82, 2.24) is 0 Å². The molecular weight excluding hydrogens is 390 g/mol. The van der Waals surface area contributed by atoms with Gasteiger partial charge in [0.1, 0.15) is 0 Å². The van der Waals surface area contributed by atoms with Crippen molar-refractivity contribution < 1.29 is 4.92 Å². The van der Waals surface area contributed by atoms with E-state index < -0.39 is 4.92 Å². The maximum absolute atomic E-state index is 10.1. The van der Waals surface area contributed by atoms with Crippen LogP contribution in [0.4, 0.5) is 5.69 Å². The van der Waals surface area contributed by atoms with Gasteiger partial charge in [0.15, 0.2) is 0 Å². The Hall–Kier alpha value is -2.46.